The van der Waals surface area contributed by atoms with Crippen molar-refractivity contribution in [3.05, 3.63) is 12.2 Å². The number of esters is 1. The molecule has 0 aromatic rings. The number of alkyl halides is 45. The Bertz CT molecular complexity index is 2020. The molecular weight excluding hydrogens is 1340 g/mol. The van der Waals surface area contributed by atoms with Crippen molar-refractivity contribution in [2.24, 2.45) is 0 Å². The van der Waals surface area contributed by atoms with E-state index in [4.69, 9.17) is 25.5 Å². The van der Waals surface area contributed by atoms with Gasteiger partial charge in [0.2, 0.25) is 12.2 Å². The molecule has 0 aliphatic heterocycles. The number of carbonyl (C=O) groups excluding carboxylic acids is 3. The normalized spacial score (nSPS) is 15.7. The average molecular weight is 1350 g/mol. The molecule has 5 N–H and O–H groups in total. The van der Waals surface area contributed by atoms with Crippen molar-refractivity contribution in [3.63, 3.8) is 0 Å². The third-order valence-corrected chi connectivity index (χ3v) is 7.41. The van der Waals surface area contributed by atoms with Gasteiger partial charge in [-0.25, -0.2) is 4.79 Å². The zero-order valence-corrected chi connectivity index (χ0v) is 35.8. The number of hydrogen-bond acceptors (Lipinski definition) is 9. The molecule has 0 spiro atoms. The predicted octanol–water partition coefficient (Wildman–Crippen LogP) is 11.7. The van der Waals surface area contributed by atoms with Crippen LogP contribution in [-0.2, 0) is 19.1 Å². The van der Waals surface area contributed by atoms with Crippen LogP contribution in [0.3, 0.4) is 0 Å². The molecule has 0 aromatic heterocycles. The summed E-state index contributed by atoms with van der Waals surface area (Å²) in [7, 11) is 0. The second-order valence-electron chi connectivity index (χ2n) is 13.6. The van der Waals surface area contributed by atoms with E-state index in [2.05, 4.69) is 11.3 Å². The summed E-state index contributed by atoms with van der Waals surface area (Å²) in [6.45, 7) is 3.23. The summed E-state index contributed by atoms with van der Waals surface area (Å²) in [4.78, 5) is 30.1. The molecule has 0 aliphatic rings. The van der Waals surface area contributed by atoms with Crippen LogP contribution in [0.1, 0.15) is 6.92 Å². The van der Waals surface area contributed by atoms with E-state index in [-0.39, 0.29) is 0 Å². The molecule has 0 fully saturated rings. The van der Waals surface area contributed by atoms with Gasteiger partial charge in [-0.15, -0.1) is 0 Å². The van der Waals surface area contributed by atoms with E-state index < -0.39 is 156 Å². The van der Waals surface area contributed by atoms with Gasteiger partial charge in [0.25, 0.3) is 6.10 Å². The van der Waals surface area contributed by atoms with Crippen LogP contribution in [0.4, 0.5) is 198 Å². The number of aliphatic hydroxyl groups excluding tert-OH is 2. The quantitative estimate of drug-likeness (QED) is 0.0905. The van der Waals surface area contributed by atoms with Gasteiger partial charge in [0, 0.05) is 5.57 Å². The van der Waals surface area contributed by atoms with E-state index >= 15 is 0 Å². The van der Waals surface area contributed by atoms with E-state index in [0.717, 1.165) is 0 Å². The Morgan fingerprint density at radius 2 is 0.537 bits per heavy atom. The summed E-state index contributed by atoms with van der Waals surface area (Å²) in [5, 5.41) is 40.0. The highest BCUT2D eigenvalue weighted by molar-refractivity contribution is 5.92. The minimum absolute atomic E-state index is 0.591. The SMILES string of the molecule is C=C(C)C(=O)OC(C(F)(F)F)C(F)(F)C(O)(C(F)(F)F)C(F)(F)F.O=C(C(F)(F)F)C(F)(F)C(O)(C(F)(F)F)C(F)(F)F.O=C(C(F)(F)F)C(F)(F)F.OC(C(F)(F)F)C(F)(F)C(O)(C(F)(F)F)C(F)(F)F.OC(C(F)(F)F)C(F)(F)F. The molecule has 0 rings (SSSR count). The maximum atomic E-state index is 13.5. The second kappa shape index (κ2) is 25.0. The number of halogens is 45. The smallest absolute Gasteiger partial charge is 0.443 e. The highest BCUT2D eigenvalue weighted by atomic mass is 19.5. The molecule has 0 aliphatic carbocycles. The summed E-state index contributed by atoms with van der Waals surface area (Å²) in [6, 6.07) is 0. The van der Waals surface area contributed by atoms with Gasteiger partial charge in [0.05, 0.1) is 0 Å². The molecule has 0 amide bonds. The van der Waals surface area contributed by atoms with Gasteiger partial charge in [0.1, 0.15) is 0 Å². The fourth-order valence-electron chi connectivity index (χ4n) is 3.43. The van der Waals surface area contributed by atoms with Gasteiger partial charge >= 0.3 is 132 Å². The first-order chi connectivity index (χ1) is 34.3. The van der Waals surface area contributed by atoms with Gasteiger partial charge in [-0.2, -0.15) is 198 Å². The highest BCUT2D eigenvalue weighted by Gasteiger charge is 2.89. The first kappa shape index (κ1) is 86.0. The fourth-order valence-corrected chi connectivity index (χ4v) is 3.43. The summed E-state index contributed by atoms with van der Waals surface area (Å²) >= 11 is 0. The van der Waals surface area contributed by atoms with E-state index in [9.17, 15) is 212 Å². The minimum Gasteiger partial charge on any atom is -0.443 e. The van der Waals surface area contributed by atoms with E-state index in [1.165, 1.54) is 0 Å². The molecule has 0 saturated heterocycles. The van der Waals surface area contributed by atoms with Crippen molar-refractivity contribution in [2.75, 3.05) is 0 Å². The summed E-state index contributed by atoms with van der Waals surface area (Å²) in [5.41, 5.74) is -22.4. The third kappa shape index (κ3) is 19.9. The second-order valence-corrected chi connectivity index (χ2v) is 13.6. The summed E-state index contributed by atoms with van der Waals surface area (Å²) in [6.07, 6.45) is -101. The molecule has 0 bridgehead atoms. The van der Waals surface area contributed by atoms with Crippen molar-refractivity contribution >= 4 is 17.5 Å². The number of carbonyl (C=O) groups is 3. The van der Waals surface area contributed by atoms with Crippen LogP contribution in [0, 0.1) is 0 Å². The van der Waals surface area contributed by atoms with Crippen LogP contribution in [0.2, 0.25) is 0 Å². The number of ketones is 2. The summed E-state index contributed by atoms with van der Waals surface area (Å²) < 4.78 is 536. The average Bonchev–Trinajstić information content (AvgIpc) is 3.16. The van der Waals surface area contributed by atoms with Crippen LogP contribution >= 0.6 is 0 Å². The Morgan fingerprint density at radius 3 is 0.671 bits per heavy atom. The number of Topliss-reactive ketones (excluding diaryl/α,β-unsaturated/α-hetero) is 2. The Balaban J connectivity index is -0.000000313. The molecule has 0 heterocycles. The topological polar surface area (TPSA) is 162 Å². The van der Waals surface area contributed by atoms with Crippen LogP contribution in [0.15, 0.2) is 12.2 Å². The van der Waals surface area contributed by atoms with Crippen LogP contribution in [-0.4, -0.2) is 176 Å². The van der Waals surface area contributed by atoms with Crippen molar-refractivity contribution in [1.82, 2.24) is 0 Å². The van der Waals surface area contributed by atoms with Crippen molar-refractivity contribution in [3.8, 4) is 0 Å². The lowest BCUT2D eigenvalue weighted by molar-refractivity contribution is -0.446. The molecule has 54 heteroatoms. The Labute approximate surface area is 413 Å². The van der Waals surface area contributed by atoms with Gasteiger partial charge in [0.15, 0.2) is 0 Å². The monoisotopic (exact) mass is 1350 g/mol. The zero-order valence-electron chi connectivity index (χ0n) is 35.8. The first-order valence-corrected chi connectivity index (χ1v) is 16.8. The number of hydrogen-bond donors (Lipinski definition) is 5. The molecular formula is C28H13F45O9. The van der Waals surface area contributed by atoms with Crippen LogP contribution in [0.5, 0.6) is 0 Å². The zero-order chi connectivity index (χ0) is 69.2. The van der Waals surface area contributed by atoms with Gasteiger partial charge in [-0.05, 0) is 6.92 Å². The van der Waals surface area contributed by atoms with Gasteiger partial charge < -0.3 is 30.3 Å². The lowest BCUT2D eigenvalue weighted by Crippen LogP contribution is -2.73. The molecule has 0 radical (unpaired) electrons. The number of rotatable bonds is 8. The number of ether oxygens (including phenoxy) is 1. The maximum absolute atomic E-state index is 13.5. The standard InChI is InChI=1S/C10H7F11O3.C6H3F11O2.C6HF11O2.C3H2F6O.C3F6O/c1-3(2)4(22)24-5(7(13,14)15)6(11,12)8(23,9(16,17)18)10(19,20)21;2*7-2(8,1(18)3(9,10)11)4(19,5(12,13)14)6(15,16)17;2*4-2(5,6)1(10)3(7,8)9/h5,23H,1H2,2H3;1,18-19H;19H;1,10H;. The Kier molecular flexibility index (Phi) is 26.3. The van der Waals surface area contributed by atoms with Gasteiger partial charge in [-0.1, -0.05) is 6.58 Å². The first-order valence-electron chi connectivity index (χ1n) is 16.8. The highest BCUT2D eigenvalue weighted by Crippen LogP contribution is 2.58. The Morgan fingerprint density at radius 1 is 0.329 bits per heavy atom. The molecule has 0 saturated carbocycles. The number of aliphatic hydroxyl groups is 5. The van der Waals surface area contributed by atoms with Gasteiger partial charge in [-0.3, -0.25) is 9.59 Å². The van der Waals surface area contributed by atoms with E-state index in [1.54, 1.807) is 0 Å². The molecule has 9 nitrogen and oxygen atoms in total. The minimum atomic E-state index is -7.28. The molecule has 494 valence electrons. The lowest BCUT2D eigenvalue weighted by Gasteiger charge is -2.41. The lowest BCUT2D eigenvalue weighted by atomic mass is 9.89. The third-order valence-electron chi connectivity index (χ3n) is 7.41. The maximum Gasteiger partial charge on any atom is 0.459 e. The van der Waals surface area contributed by atoms with E-state index in [1.807, 2.05) is 0 Å². The fraction of sp³-hybridized carbons (Fsp3) is 0.821. The van der Waals surface area contributed by atoms with E-state index in [0.29, 0.717) is 6.92 Å². The van der Waals surface area contributed by atoms with Crippen LogP contribution < -0.4 is 0 Å². The largest absolute Gasteiger partial charge is 0.459 e. The molecule has 0 aromatic carbocycles. The molecule has 2 unspecified atom stereocenters. The van der Waals surface area contributed by atoms with Crippen LogP contribution in [0.25, 0.3) is 0 Å². The summed E-state index contributed by atoms with van der Waals surface area (Å²) in [5.74, 6) is -31.9. The molecule has 82 heavy (non-hydrogen) atoms. The van der Waals surface area contributed by atoms with Crippen molar-refractivity contribution < 1.29 is 242 Å². The molecule has 2 atom stereocenters. The predicted molar refractivity (Wildman–Crippen MR) is 155 cm³/mol. The van der Waals surface area contributed by atoms with Crippen molar-refractivity contribution in [2.45, 2.75) is 140 Å². The van der Waals surface area contributed by atoms with Crippen molar-refractivity contribution in [1.29, 1.82) is 0 Å². The Hall–Kier alpha value is -4.80.